The van der Waals surface area contributed by atoms with E-state index in [4.69, 9.17) is 5.73 Å². The molecule has 2 N–H and O–H groups in total. The summed E-state index contributed by atoms with van der Waals surface area (Å²) in [5.74, 6) is 0.720. The Labute approximate surface area is 100.0 Å². The molecule has 0 bridgehead atoms. The van der Waals surface area contributed by atoms with E-state index >= 15 is 0 Å². The summed E-state index contributed by atoms with van der Waals surface area (Å²) in [5, 5.41) is 0. The molecular weight excluding hydrogens is 220 g/mol. The van der Waals surface area contributed by atoms with Gasteiger partial charge in [-0.2, -0.15) is 11.8 Å². The summed E-state index contributed by atoms with van der Waals surface area (Å²) < 4.78 is 0. The van der Waals surface area contributed by atoms with Crippen LogP contribution >= 0.6 is 11.8 Å². The highest BCUT2D eigenvalue weighted by atomic mass is 32.2. The monoisotopic (exact) mass is 236 g/mol. The van der Waals surface area contributed by atoms with Crippen LogP contribution in [0.15, 0.2) is 18.2 Å². The Morgan fingerprint density at radius 3 is 3.06 bits per heavy atom. The maximum absolute atomic E-state index is 12.0. The van der Waals surface area contributed by atoms with Gasteiger partial charge in [0.15, 0.2) is 0 Å². The Morgan fingerprint density at radius 2 is 2.38 bits per heavy atom. The van der Waals surface area contributed by atoms with Gasteiger partial charge in [0.1, 0.15) is 0 Å². The van der Waals surface area contributed by atoms with Crippen LogP contribution in [-0.2, 0) is 11.2 Å². The van der Waals surface area contributed by atoms with E-state index in [9.17, 15) is 4.79 Å². The SMILES string of the molecule is CSCC(=O)N1c2ccc(N)cc2CC1C. The van der Waals surface area contributed by atoms with Gasteiger partial charge in [0.2, 0.25) is 5.91 Å². The Hall–Kier alpha value is -1.16. The second-order valence-corrected chi connectivity index (χ2v) is 5.00. The number of thioether (sulfide) groups is 1. The molecule has 0 saturated heterocycles. The third kappa shape index (κ3) is 1.89. The zero-order valence-electron chi connectivity index (χ0n) is 9.56. The molecule has 1 aliphatic rings. The molecule has 0 spiro atoms. The summed E-state index contributed by atoms with van der Waals surface area (Å²) in [5.41, 5.74) is 8.73. The average molecular weight is 236 g/mol. The van der Waals surface area contributed by atoms with Gasteiger partial charge in [0, 0.05) is 17.4 Å². The number of hydrogen-bond donors (Lipinski definition) is 1. The summed E-state index contributed by atoms with van der Waals surface area (Å²) in [6, 6.07) is 6.03. The zero-order chi connectivity index (χ0) is 11.7. The van der Waals surface area contributed by atoms with Gasteiger partial charge in [-0.3, -0.25) is 4.79 Å². The molecule has 0 radical (unpaired) electrons. The first-order valence-electron chi connectivity index (χ1n) is 5.33. The van der Waals surface area contributed by atoms with Crippen LogP contribution in [0, 0.1) is 0 Å². The van der Waals surface area contributed by atoms with Crippen molar-refractivity contribution in [3.05, 3.63) is 23.8 Å². The number of amides is 1. The highest BCUT2D eigenvalue weighted by Crippen LogP contribution is 2.33. The smallest absolute Gasteiger partial charge is 0.237 e. The Morgan fingerprint density at radius 1 is 1.62 bits per heavy atom. The molecule has 0 aliphatic carbocycles. The van der Waals surface area contributed by atoms with Gasteiger partial charge in [0.25, 0.3) is 0 Å². The summed E-state index contributed by atoms with van der Waals surface area (Å²) in [4.78, 5) is 13.9. The van der Waals surface area contributed by atoms with Crippen LogP contribution < -0.4 is 10.6 Å². The Balaban J connectivity index is 2.32. The van der Waals surface area contributed by atoms with Crippen LogP contribution in [0.2, 0.25) is 0 Å². The van der Waals surface area contributed by atoms with E-state index in [-0.39, 0.29) is 11.9 Å². The fourth-order valence-electron chi connectivity index (χ4n) is 2.22. The lowest BCUT2D eigenvalue weighted by Gasteiger charge is -2.22. The van der Waals surface area contributed by atoms with Crippen molar-refractivity contribution in [1.29, 1.82) is 0 Å². The molecule has 1 amide bonds. The van der Waals surface area contributed by atoms with Gasteiger partial charge in [-0.15, -0.1) is 0 Å². The van der Waals surface area contributed by atoms with Crippen LogP contribution in [0.25, 0.3) is 0 Å². The minimum Gasteiger partial charge on any atom is -0.399 e. The van der Waals surface area contributed by atoms with Crippen molar-refractivity contribution in [3.8, 4) is 0 Å². The number of carbonyl (C=O) groups is 1. The molecule has 1 atom stereocenters. The predicted molar refractivity (Wildman–Crippen MR) is 69.9 cm³/mol. The zero-order valence-corrected chi connectivity index (χ0v) is 10.4. The number of nitrogens with zero attached hydrogens (tertiary/aromatic N) is 1. The standard InChI is InChI=1S/C12H16N2OS/c1-8-5-9-6-10(13)3-4-11(9)14(8)12(15)7-16-2/h3-4,6,8H,5,7,13H2,1-2H3. The topological polar surface area (TPSA) is 46.3 Å². The highest BCUT2D eigenvalue weighted by Gasteiger charge is 2.30. The number of nitrogens with two attached hydrogens (primary N) is 1. The third-order valence-electron chi connectivity index (χ3n) is 2.86. The molecule has 1 unspecified atom stereocenters. The number of anilines is 2. The van der Waals surface area contributed by atoms with Crippen LogP contribution in [0.1, 0.15) is 12.5 Å². The van der Waals surface area contributed by atoms with Gasteiger partial charge >= 0.3 is 0 Å². The van der Waals surface area contributed by atoms with Crippen LogP contribution in [-0.4, -0.2) is 24.0 Å². The van der Waals surface area contributed by atoms with E-state index in [2.05, 4.69) is 6.92 Å². The predicted octanol–water partition coefficient (Wildman–Crippen LogP) is 1.91. The lowest BCUT2D eigenvalue weighted by Crippen LogP contribution is -2.36. The van der Waals surface area contributed by atoms with E-state index < -0.39 is 0 Å². The molecular formula is C12H16N2OS. The van der Waals surface area contributed by atoms with Crippen molar-refractivity contribution >= 4 is 29.0 Å². The first-order valence-corrected chi connectivity index (χ1v) is 6.72. The first-order chi connectivity index (χ1) is 7.63. The lowest BCUT2D eigenvalue weighted by atomic mass is 10.1. The van der Waals surface area contributed by atoms with Crippen LogP contribution in [0.4, 0.5) is 11.4 Å². The fraction of sp³-hybridized carbons (Fsp3) is 0.417. The first kappa shape index (κ1) is 11.3. The quantitative estimate of drug-likeness (QED) is 0.798. The molecule has 1 aliphatic heterocycles. The Bertz CT molecular complexity index is 419. The second-order valence-electron chi connectivity index (χ2n) is 4.14. The number of carbonyl (C=O) groups excluding carboxylic acids is 1. The molecule has 16 heavy (non-hydrogen) atoms. The van der Waals surface area contributed by atoms with E-state index in [1.54, 1.807) is 11.8 Å². The summed E-state index contributed by atoms with van der Waals surface area (Å²) in [7, 11) is 0. The van der Waals surface area contributed by atoms with Crippen molar-refractivity contribution in [2.24, 2.45) is 0 Å². The summed E-state index contributed by atoms with van der Waals surface area (Å²) in [6.45, 7) is 2.08. The summed E-state index contributed by atoms with van der Waals surface area (Å²) >= 11 is 1.56. The molecule has 0 aromatic heterocycles. The van der Waals surface area contributed by atoms with Crippen molar-refractivity contribution < 1.29 is 4.79 Å². The summed E-state index contributed by atoms with van der Waals surface area (Å²) in [6.07, 6.45) is 2.85. The van der Waals surface area contributed by atoms with E-state index in [0.29, 0.717) is 5.75 Å². The molecule has 1 aromatic carbocycles. The van der Waals surface area contributed by atoms with Gasteiger partial charge in [-0.05, 0) is 43.4 Å². The minimum absolute atomic E-state index is 0.184. The van der Waals surface area contributed by atoms with Crippen molar-refractivity contribution in [3.63, 3.8) is 0 Å². The third-order valence-corrected chi connectivity index (χ3v) is 3.39. The number of benzene rings is 1. The maximum atomic E-state index is 12.0. The normalized spacial score (nSPS) is 18.6. The molecule has 3 nitrogen and oxygen atoms in total. The molecule has 2 rings (SSSR count). The molecule has 86 valence electrons. The number of rotatable bonds is 2. The number of nitrogen functional groups attached to an aromatic ring is 1. The van der Waals surface area contributed by atoms with E-state index in [1.165, 1.54) is 5.56 Å². The average Bonchev–Trinajstić information content (AvgIpc) is 2.53. The lowest BCUT2D eigenvalue weighted by molar-refractivity contribution is -0.116. The van der Waals surface area contributed by atoms with Crippen molar-refractivity contribution in [1.82, 2.24) is 0 Å². The van der Waals surface area contributed by atoms with E-state index in [1.807, 2.05) is 29.4 Å². The number of fused-ring (bicyclic) bond motifs is 1. The molecule has 0 fully saturated rings. The van der Waals surface area contributed by atoms with Crippen LogP contribution in [0.5, 0.6) is 0 Å². The molecule has 4 heteroatoms. The maximum Gasteiger partial charge on any atom is 0.237 e. The molecule has 0 saturated carbocycles. The van der Waals surface area contributed by atoms with E-state index in [0.717, 1.165) is 17.8 Å². The van der Waals surface area contributed by atoms with Gasteiger partial charge in [0.05, 0.1) is 5.75 Å². The van der Waals surface area contributed by atoms with Crippen molar-refractivity contribution in [2.75, 3.05) is 22.6 Å². The van der Waals surface area contributed by atoms with Gasteiger partial charge in [-0.1, -0.05) is 0 Å². The van der Waals surface area contributed by atoms with Gasteiger partial charge in [-0.25, -0.2) is 0 Å². The van der Waals surface area contributed by atoms with Crippen molar-refractivity contribution in [2.45, 2.75) is 19.4 Å². The van der Waals surface area contributed by atoms with Gasteiger partial charge < -0.3 is 10.6 Å². The number of hydrogen-bond acceptors (Lipinski definition) is 3. The largest absolute Gasteiger partial charge is 0.399 e. The molecule has 1 heterocycles. The fourth-order valence-corrected chi connectivity index (χ4v) is 2.61. The highest BCUT2D eigenvalue weighted by molar-refractivity contribution is 7.99. The van der Waals surface area contributed by atoms with Crippen LogP contribution in [0.3, 0.4) is 0 Å². The minimum atomic E-state index is 0.184. The molecule has 1 aromatic rings. The Kier molecular flexibility index (Phi) is 3.10. The second kappa shape index (κ2) is 4.37.